The minimum Gasteiger partial charge on any atom is -0.385 e. The molecule has 1 N–H and O–H groups in total. The van der Waals surface area contributed by atoms with Gasteiger partial charge in [0.15, 0.2) is 0 Å². The van der Waals surface area contributed by atoms with Gasteiger partial charge in [0.05, 0.1) is 6.61 Å². The smallest absolute Gasteiger partial charge is 0.0535 e. The Bertz CT molecular complexity index is 198. The maximum Gasteiger partial charge on any atom is 0.0535 e. The van der Waals surface area contributed by atoms with Gasteiger partial charge in [-0.05, 0) is 32.1 Å². The monoisotopic (exact) mass is 227 g/mol. The fraction of sp³-hybridized carbons (Fsp3) is 1.00. The number of rotatable bonds is 8. The summed E-state index contributed by atoms with van der Waals surface area (Å²) in [6.07, 6.45) is 7.72. The first-order chi connectivity index (χ1) is 7.85. The first-order valence-electron chi connectivity index (χ1n) is 6.65. The second-order valence-corrected chi connectivity index (χ2v) is 5.41. The lowest BCUT2D eigenvalue weighted by molar-refractivity contribution is 0.136. The molecule has 1 atom stereocenters. The van der Waals surface area contributed by atoms with Gasteiger partial charge in [0.25, 0.3) is 0 Å². The molecule has 2 aliphatic rings. The van der Waals surface area contributed by atoms with Crippen molar-refractivity contribution in [1.82, 2.24) is 5.32 Å². The third-order valence-corrected chi connectivity index (χ3v) is 3.83. The molecule has 1 saturated carbocycles. The van der Waals surface area contributed by atoms with E-state index in [0.717, 1.165) is 32.4 Å². The Kier molecular flexibility index (Phi) is 4.62. The van der Waals surface area contributed by atoms with Crippen molar-refractivity contribution in [2.45, 2.75) is 44.6 Å². The molecule has 3 nitrogen and oxygen atoms in total. The molecule has 1 aliphatic carbocycles. The minimum absolute atomic E-state index is 0.427. The molecule has 0 aromatic carbocycles. The Balaban J connectivity index is 1.68. The lowest BCUT2D eigenvalue weighted by Crippen LogP contribution is -2.36. The molecule has 94 valence electrons. The van der Waals surface area contributed by atoms with Crippen LogP contribution in [0.2, 0.25) is 0 Å². The molecule has 2 rings (SSSR count). The minimum atomic E-state index is 0.427. The summed E-state index contributed by atoms with van der Waals surface area (Å²) in [4.78, 5) is 0. The standard InChI is InChI=1S/C13H25NO2/c1-15-8-3-2-6-13(7-9-16-11-13)10-14-12-4-5-12/h12,14H,2-11H2,1H3. The van der Waals surface area contributed by atoms with Crippen LogP contribution in [0.25, 0.3) is 0 Å². The van der Waals surface area contributed by atoms with E-state index in [1.165, 1.54) is 38.5 Å². The van der Waals surface area contributed by atoms with Crippen molar-refractivity contribution in [2.75, 3.05) is 33.5 Å². The molecule has 1 heterocycles. The van der Waals surface area contributed by atoms with E-state index in [0.29, 0.717) is 5.41 Å². The van der Waals surface area contributed by atoms with Gasteiger partial charge in [0, 0.05) is 38.3 Å². The molecule has 0 aromatic rings. The van der Waals surface area contributed by atoms with E-state index in [4.69, 9.17) is 9.47 Å². The van der Waals surface area contributed by atoms with Crippen molar-refractivity contribution in [2.24, 2.45) is 5.41 Å². The third kappa shape index (κ3) is 3.72. The lowest BCUT2D eigenvalue weighted by atomic mass is 9.82. The van der Waals surface area contributed by atoms with Gasteiger partial charge in [-0.15, -0.1) is 0 Å². The highest BCUT2D eigenvalue weighted by Gasteiger charge is 2.35. The largest absolute Gasteiger partial charge is 0.385 e. The fourth-order valence-corrected chi connectivity index (χ4v) is 2.47. The zero-order valence-electron chi connectivity index (χ0n) is 10.5. The van der Waals surface area contributed by atoms with Gasteiger partial charge in [-0.2, -0.15) is 0 Å². The van der Waals surface area contributed by atoms with Gasteiger partial charge >= 0.3 is 0 Å². The molecule has 1 unspecified atom stereocenters. The summed E-state index contributed by atoms with van der Waals surface area (Å²) in [6.45, 7) is 3.97. The highest BCUT2D eigenvalue weighted by molar-refractivity contribution is 4.89. The molecular formula is C13H25NO2. The molecule has 0 bridgehead atoms. The SMILES string of the molecule is COCCCCC1(CNC2CC2)CCOC1. The van der Waals surface area contributed by atoms with Crippen molar-refractivity contribution in [3.05, 3.63) is 0 Å². The number of hydrogen-bond acceptors (Lipinski definition) is 3. The van der Waals surface area contributed by atoms with Crippen LogP contribution in [0.15, 0.2) is 0 Å². The van der Waals surface area contributed by atoms with E-state index < -0.39 is 0 Å². The van der Waals surface area contributed by atoms with Crippen LogP contribution < -0.4 is 5.32 Å². The van der Waals surface area contributed by atoms with Crippen LogP contribution in [-0.2, 0) is 9.47 Å². The van der Waals surface area contributed by atoms with Crippen LogP contribution in [0.1, 0.15) is 38.5 Å². The zero-order chi connectivity index (χ0) is 11.3. The van der Waals surface area contributed by atoms with Crippen LogP contribution in [0.5, 0.6) is 0 Å². The van der Waals surface area contributed by atoms with E-state index >= 15 is 0 Å². The van der Waals surface area contributed by atoms with Crippen molar-refractivity contribution in [3.8, 4) is 0 Å². The second-order valence-electron chi connectivity index (χ2n) is 5.41. The van der Waals surface area contributed by atoms with E-state index in [9.17, 15) is 0 Å². The molecule has 3 heteroatoms. The Labute approximate surface area is 98.9 Å². The molecule has 0 aromatic heterocycles. The topological polar surface area (TPSA) is 30.5 Å². The van der Waals surface area contributed by atoms with Crippen molar-refractivity contribution < 1.29 is 9.47 Å². The molecule has 1 saturated heterocycles. The fourth-order valence-electron chi connectivity index (χ4n) is 2.47. The number of hydrogen-bond donors (Lipinski definition) is 1. The summed E-state index contributed by atoms with van der Waals surface area (Å²) in [7, 11) is 1.78. The number of ether oxygens (including phenoxy) is 2. The van der Waals surface area contributed by atoms with E-state index in [1.807, 2.05) is 0 Å². The van der Waals surface area contributed by atoms with Gasteiger partial charge in [-0.3, -0.25) is 0 Å². The highest BCUT2D eigenvalue weighted by Crippen LogP contribution is 2.34. The van der Waals surface area contributed by atoms with Gasteiger partial charge in [0.1, 0.15) is 0 Å². The number of unbranched alkanes of at least 4 members (excludes halogenated alkanes) is 1. The van der Waals surface area contributed by atoms with E-state index in [2.05, 4.69) is 5.32 Å². The zero-order valence-corrected chi connectivity index (χ0v) is 10.5. The maximum atomic E-state index is 5.60. The molecule has 1 aliphatic heterocycles. The Morgan fingerprint density at radius 3 is 2.88 bits per heavy atom. The molecule has 0 radical (unpaired) electrons. The molecule has 16 heavy (non-hydrogen) atoms. The quantitative estimate of drug-likeness (QED) is 0.643. The summed E-state index contributed by atoms with van der Waals surface area (Å²) in [5.41, 5.74) is 0.427. The predicted octanol–water partition coefficient (Wildman–Crippen LogP) is 1.96. The number of methoxy groups -OCH3 is 1. The summed E-state index contributed by atoms with van der Waals surface area (Å²) >= 11 is 0. The van der Waals surface area contributed by atoms with Gasteiger partial charge < -0.3 is 14.8 Å². The lowest BCUT2D eigenvalue weighted by Gasteiger charge is -2.27. The second kappa shape index (κ2) is 5.99. The normalized spacial score (nSPS) is 29.8. The first kappa shape index (κ1) is 12.3. The summed E-state index contributed by atoms with van der Waals surface area (Å²) in [6, 6.07) is 0.816. The molecular weight excluding hydrogens is 202 g/mol. The highest BCUT2D eigenvalue weighted by atomic mass is 16.5. The summed E-state index contributed by atoms with van der Waals surface area (Å²) < 4.78 is 10.7. The Morgan fingerprint density at radius 1 is 1.38 bits per heavy atom. The van der Waals surface area contributed by atoms with Crippen LogP contribution in [-0.4, -0.2) is 39.5 Å². The summed E-state index contributed by atoms with van der Waals surface area (Å²) in [5, 5.41) is 3.67. The van der Waals surface area contributed by atoms with Crippen molar-refractivity contribution >= 4 is 0 Å². The van der Waals surface area contributed by atoms with Crippen LogP contribution in [0, 0.1) is 5.41 Å². The van der Waals surface area contributed by atoms with Gasteiger partial charge in [-0.1, -0.05) is 6.42 Å². The number of nitrogens with one attached hydrogen (secondary N) is 1. The molecule has 0 spiro atoms. The van der Waals surface area contributed by atoms with Crippen LogP contribution >= 0.6 is 0 Å². The van der Waals surface area contributed by atoms with E-state index in [1.54, 1.807) is 7.11 Å². The Morgan fingerprint density at radius 2 is 2.25 bits per heavy atom. The van der Waals surface area contributed by atoms with Crippen LogP contribution in [0.4, 0.5) is 0 Å². The average Bonchev–Trinajstić information content (AvgIpc) is 3.02. The van der Waals surface area contributed by atoms with Crippen molar-refractivity contribution in [3.63, 3.8) is 0 Å². The maximum absolute atomic E-state index is 5.60. The summed E-state index contributed by atoms with van der Waals surface area (Å²) in [5.74, 6) is 0. The predicted molar refractivity (Wildman–Crippen MR) is 64.6 cm³/mol. The average molecular weight is 227 g/mol. The Hall–Kier alpha value is -0.120. The van der Waals surface area contributed by atoms with E-state index in [-0.39, 0.29) is 0 Å². The first-order valence-corrected chi connectivity index (χ1v) is 6.65. The van der Waals surface area contributed by atoms with Gasteiger partial charge in [-0.25, -0.2) is 0 Å². The van der Waals surface area contributed by atoms with Crippen LogP contribution in [0.3, 0.4) is 0 Å². The molecule has 0 amide bonds. The van der Waals surface area contributed by atoms with Gasteiger partial charge in [0.2, 0.25) is 0 Å². The third-order valence-electron chi connectivity index (χ3n) is 3.83. The molecule has 2 fully saturated rings. The van der Waals surface area contributed by atoms with Crippen molar-refractivity contribution in [1.29, 1.82) is 0 Å².